The molecule has 1 aliphatic rings. The summed E-state index contributed by atoms with van der Waals surface area (Å²) in [5.41, 5.74) is 1.01. The van der Waals surface area contributed by atoms with Crippen molar-refractivity contribution in [2.45, 2.75) is 50.7 Å². The first-order valence-electron chi connectivity index (χ1n) is 11.1. The molecule has 7 nitrogen and oxygen atoms in total. The number of halogens is 2. The fourth-order valence-corrected chi connectivity index (χ4v) is 5.77. The number of rotatable bonds is 6. The lowest BCUT2D eigenvalue weighted by Crippen LogP contribution is -2.23. The number of hydrogen-bond acceptors (Lipinski definition) is 7. The lowest BCUT2D eigenvalue weighted by molar-refractivity contribution is 0.111. The quantitative estimate of drug-likeness (QED) is 0.404. The highest BCUT2D eigenvalue weighted by molar-refractivity contribution is 7.93. The van der Waals surface area contributed by atoms with Crippen LogP contribution in [0.15, 0.2) is 30.5 Å². The van der Waals surface area contributed by atoms with E-state index in [0.717, 1.165) is 37.3 Å². The smallest absolute Gasteiger partial charge is 0.235 e. The highest BCUT2D eigenvalue weighted by Gasteiger charge is 2.26. The van der Waals surface area contributed by atoms with E-state index < -0.39 is 21.1 Å². The van der Waals surface area contributed by atoms with E-state index in [1.165, 1.54) is 31.3 Å². The van der Waals surface area contributed by atoms with Crippen molar-refractivity contribution in [3.63, 3.8) is 0 Å². The molecule has 2 aromatic heterocycles. The van der Waals surface area contributed by atoms with E-state index in [-0.39, 0.29) is 22.5 Å². The molecule has 1 aliphatic heterocycles. The van der Waals surface area contributed by atoms with Crippen molar-refractivity contribution >= 4 is 38.6 Å². The lowest BCUT2D eigenvalue weighted by atomic mass is 9.98. The van der Waals surface area contributed by atoms with Gasteiger partial charge in [-0.25, -0.2) is 27.8 Å². The average molecular weight is 525 g/mol. The van der Waals surface area contributed by atoms with Crippen molar-refractivity contribution in [3.8, 4) is 21.8 Å². The van der Waals surface area contributed by atoms with Gasteiger partial charge in [0.15, 0.2) is 5.82 Å². The zero-order valence-corrected chi connectivity index (χ0v) is 21.3. The van der Waals surface area contributed by atoms with Gasteiger partial charge in [-0.05, 0) is 62.9 Å². The van der Waals surface area contributed by atoms with Gasteiger partial charge in [-0.2, -0.15) is 0 Å². The van der Waals surface area contributed by atoms with Crippen LogP contribution in [0.1, 0.15) is 50.5 Å². The third-order valence-corrected chi connectivity index (χ3v) is 8.85. The van der Waals surface area contributed by atoms with E-state index in [1.807, 2.05) is 0 Å². The summed E-state index contributed by atoms with van der Waals surface area (Å²) in [6.07, 6.45) is 5.36. The van der Waals surface area contributed by atoms with Gasteiger partial charge < -0.3 is 4.74 Å². The monoisotopic (exact) mass is 524 g/mol. The summed E-state index contributed by atoms with van der Waals surface area (Å²) in [6.45, 7) is 4.48. The molecule has 0 radical (unpaired) electrons. The van der Waals surface area contributed by atoms with Crippen LogP contribution in [0.5, 0.6) is 0 Å². The van der Waals surface area contributed by atoms with Gasteiger partial charge in [0.05, 0.1) is 32.2 Å². The minimum absolute atomic E-state index is 0.0803. The molecule has 1 saturated heterocycles. The molecular weight excluding hydrogens is 499 g/mol. The number of benzene rings is 1. The zero-order chi connectivity index (χ0) is 24.3. The van der Waals surface area contributed by atoms with Gasteiger partial charge in [-0.1, -0.05) is 12.5 Å². The fourth-order valence-electron chi connectivity index (χ4n) is 3.71. The number of ether oxygens (including phenoxy) is 1. The molecule has 34 heavy (non-hydrogen) atoms. The van der Waals surface area contributed by atoms with Crippen molar-refractivity contribution < 1.29 is 17.5 Å². The second-order valence-corrected chi connectivity index (χ2v) is 12.0. The van der Waals surface area contributed by atoms with Crippen LogP contribution < -0.4 is 4.72 Å². The predicted octanol–water partition coefficient (Wildman–Crippen LogP) is 5.88. The maximum Gasteiger partial charge on any atom is 0.235 e. The normalized spacial score (nSPS) is 17.4. The van der Waals surface area contributed by atoms with Crippen molar-refractivity contribution in [1.29, 1.82) is 0 Å². The minimum atomic E-state index is -3.72. The number of hydrogen-bond donors (Lipinski definition) is 1. The maximum atomic E-state index is 15.7. The summed E-state index contributed by atoms with van der Waals surface area (Å²) < 4.78 is 48.4. The van der Waals surface area contributed by atoms with Crippen molar-refractivity contribution in [3.05, 3.63) is 46.6 Å². The first-order valence-corrected chi connectivity index (χ1v) is 13.9. The minimum Gasteiger partial charge on any atom is -0.381 e. The van der Waals surface area contributed by atoms with Crippen LogP contribution in [0.25, 0.3) is 21.8 Å². The van der Waals surface area contributed by atoms with E-state index in [0.29, 0.717) is 22.9 Å². The summed E-state index contributed by atoms with van der Waals surface area (Å²) in [4.78, 5) is 13.8. The molecule has 182 valence electrons. The van der Waals surface area contributed by atoms with Crippen LogP contribution in [-0.4, -0.2) is 41.8 Å². The predicted molar refractivity (Wildman–Crippen MR) is 133 cm³/mol. The summed E-state index contributed by atoms with van der Waals surface area (Å²) in [7, 11) is -3.72. The number of nitrogens with zero attached hydrogens (tertiary/aromatic N) is 3. The van der Waals surface area contributed by atoms with E-state index >= 15 is 4.39 Å². The highest BCUT2D eigenvalue weighted by atomic mass is 35.5. The fraction of sp³-hybridized carbons (Fsp3) is 0.435. The van der Waals surface area contributed by atoms with Crippen LogP contribution in [0.3, 0.4) is 0 Å². The highest BCUT2D eigenvalue weighted by Crippen LogP contribution is 2.42. The van der Waals surface area contributed by atoms with Gasteiger partial charge in [-0.15, -0.1) is 11.3 Å². The number of anilines is 1. The molecule has 3 aromatic rings. The van der Waals surface area contributed by atoms with Crippen LogP contribution in [0, 0.1) is 5.82 Å². The van der Waals surface area contributed by atoms with Crippen LogP contribution in [-0.2, 0) is 14.8 Å². The maximum absolute atomic E-state index is 15.7. The SMILES string of the molecule is CC(C)S(=O)(=O)Nc1cccc(-c2nc(C3CCCCOCC3)sc2-c2ccnc(Cl)n2)c1F. The third-order valence-electron chi connectivity index (χ3n) is 5.68. The van der Waals surface area contributed by atoms with Crippen molar-refractivity contribution in [2.75, 3.05) is 17.9 Å². The zero-order valence-electron chi connectivity index (χ0n) is 18.9. The Morgan fingerprint density at radius 2 is 2.00 bits per heavy atom. The van der Waals surface area contributed by atoms with Gasteiger partial charge in [0, 0.05) is 30.9 Å². The van der Waals surface area contributed by atoms with E-state index in [2.05, 4.69) is 14.7 Å². The summed E-state index contributed by atoms with van der Waals surface area (Å²) in [6, 6.07) is 6.31. The van der Waals surface area contributed by atoms with Crippen molar-refractivity contribution in [1.82, 2.24) is 15.0 Å². The molecular formula is C23H26ClFN4O3S2. The van der Waals surface area contributed by atoms with Gasteiger partial charge in [0.25, 0.3) is 0 Å². The molecule has 1 unspecified atom stereocenters. The Hall–Kier alpha value is -2.14. The van der Waals surface area contributed by atoms with E-state index in [4.69, 9.17) is 21.3 Å². The Bertz CT molecular complexity index is 1260. The molecule has 11 heteroatoms. The molecule has 1 atom stereocenters. The first-order chi connectivity index (χ1) is 16.3. The summed E-state index contributed by atoms with van der Waals surface area (Å²) >= 11 is 7.49. The Balaban J connectivity index is 1.82. The molecule has 0 amide bonds. The Kier molecular flexibility index (Phi) is 7.81. The molecule has 0 aliphatic carbocycles. The molecule has 0 saturated carbocycles. The van der Waals surface area contributed by atoms with Crippen LogP contribution in [0.2, 0.25) is 5.28 Å². The van der Waals surface area contributed by atoms with Gasteiger partial charge in [0.2, 0.25) is 15.3 Å². The van der Waals surface area contributed by atoms with Crippen molar-refractivity contribution in [2.24, 2.45) is 0 Å². The molecule has 3 heterocycles. The third kappa shape index (κ3) is 5.56. The Labute approximate surface area is 207 Å². The number of nitrogens with one attached hydrogen (secondary N) is 1. The second-order valence-electron chi connectivity index (χ2n) is 8.40. The molecule has 1 fully saturated rings. The second kappa shape index (κ2) is 10.6. The topological polar surface area (TPSA) is 94.1 Å². The standard InChI is InChI=1S/C23H26ClFN4O3S2/c1-14(2)34(30,31)29-17-8-5-7-16(19(17)25)20-21(18-9-11-26-23(24)27-18)33-22(28-20)15-6-3-4-12-32-13-10-15/h5,7-9,11,14-15,29H,3-4,6,10,12-13H2,1-2H3. The Morgan fingerprint density at radius 1 is 1.18 bits per heavy atom. The lowest BCUT2D eigenvalue weighted by Gasteiger charge is -2.17. The number of sulfonamides is 1. The van der Waals surface area contributed by atoms with E-state index in [1.54, 1.807) is 24.4 Å². The van der Waals surface area contributed by atoms with Crippen LogP contribution >= 0.6 is 22.9 Å². The van der Waals surface area contributed by atoms with Crippen LogP contribution in [0.4, 0.5) is 10.1 Å². The van der Waals surface area contributed by atoms with Gasteiger partial charge in [-0.3, -0.25) is 4.72 Å². The largest absolute Gasteiger partial charge is 0.381 e. The van der Waals surface area contributed by atoms with Gasteiger partial charge in [0.1, 0.15) is 0 Å². The van der Waals surface area contributed by atoms with E-state index in [9.17, 15) is 8.42 Å². The summed E-state index contributed by atoms with van der Waals surface area (Å²) in [5.74, 6) is -0.508. The van der Waals surface area contributed by atoms with Gasteiger partial charge >= 0.3 is 0 Å². The number of thiazole rings is 1. The number of aromatic nitrogens is 3. The average Bonchev–Trinajstić information content (AvgIpc) is 3.20. The first kappa shape index (κ1) is 25.0. The summed E-state index contributed by atoms with van der Waals surface area (Å²) in [5, 5.41) is 0.246. The molecule has 1 N–H and O–H groups in total. The molecule has 1 aromatic carbocycles. The molecule has 0 spiro atoms. The molecule has 0 bridgehead atoms. The Morgan fingerprint density at radius 3 is 2.76 bits per heavy atom. The molecule has 4 rings (SSSR count).